The van der Waals surface area contributed by atoms with Crippen molar-refractivity contribution in [3.05, 3.63) is 91.0 Å². The molecule has 0 heterocycles. The molecule has 0 N–H and O–H groups in total. The summed E-state index contributed by atoms with van der Waals surface area (Å²) in [6.45, 7) is 2.05. The molecule has 148 valence electrons. The van der Waals surface area contributed by atoms with E-state index in [2.05, 4.69) is 46.4 Å². The van der Waals surface area contributed by atoms with Crippen LogP contribution in [0.4, 0.5) is 0 Å². The predicted molar refractivity (Wildman–Crippen MR) is 121 cm³/mol. The Morgan fingerprint density at radius 1 is 0.862 bits per heavy atom. The van der Waals surface area contributed by atoms with Crippen LogP contribution in [0, 0.1) is 0 Å². The van der Waals surface area contributed by atoms with Crippen LogP contribution in [-0.2, 0) is 14.4 Å². The van der Waals surface area contributed by atoms with Crippen molar-refractivity contribution in [3.8, 4) is 0 Å². The Morgan fingerprint density at radius 3 is 1.66 bits per heavy atom. The summed E-state index contributed by atoms with van der Waals surface area (Å²) in [6, 6.07) is 30.8. The molecular formula is C24H25NO3P+. The fourth-order valence-corrected chi connectivity index (χ4v) is 8.16. The highest BCUT2D eigenvalue weighted by Crippen LogP contribution is 2.59. The van der Waals surface area contributed by atoms with E-state index in [0.717, 1.165) is 15.9 Å². The zero-order valence-electron chi connectivity index (χ0n) is 16.6. The second-order valence-electron chi connectivity index (χ2n) is 6.51. The van der Waals surface area contributed by atoms with E-state index in [1.54, 1.807) is 0 Å². The van der Waals surface area contributed by atoms with Crippen LogP contribution in [-0.4, -0.2) is 31.6 Å². The highest BCUT2D eigenvalue weighted by atomic mass is 31.2. The number of oxime groups is 1. The third-order valence-electron chi connectivity index (χ3n) is 4.89. The van der Waals surface area contributed by atoms with Crippen molar-refractivity contribution in [3.63, 3.8) is 0 Å². The van der Waals surface area contributed by atoms with Crippen LogP contribution >= 0.6 is 7.26 Å². The van der Waals surface area contributed by atoms with Gasteiger partial charge in [0.2, 0.25) is 0 Å². The van der Waals surface area contributed by atoms with Gasteiger partial charge in [0.15, 0.2) is 5.66 Å². The van der Waals surface area contributed by atoms with Gasteiger partial charge < -0.3 is 9.57 Å². The Bertz CT molecular complexity index is 833. The van der Waals surface area contributed by atoms with Gasteiger partial charge in [-0.2, -0.15) is 0 Å². The predicted octanol–water partition coefficient (Wildman–Crippen LogP) is 3.54. The van der Waals surface area contributed by atoms with Crippen molar-refractivity contribution < 1.29 is 14.4 Å². The maximum Gasteiger partial charge on any atom is 0.348 e. The largest absolute Gasteiger partial charge is 0.457 e. The first-order valence-electron chi connectivity index (χ1n) is 9.48. The van der Waals surface area contributed by atoms with Crippen LogP contribution in [0.1, 0.15) is 6.92 Å². The normalized spacial score (nSPS) is 12.5. The van der Waals surface area contributed by atoms with E-state index >= 15 is 0 Å². The first-order chi connectivity index (χ1) is 14.2. The number of carbonyl (C=O) groups excluding carboxylic acids is 1. The van der Waals surface area contributed by atoms with E-state index in [1.807, 2.05) is 61.5 Å². The molecule has 0 amide bonds. The maximum absolute atomic E-state index is 13.2. The highest BCUT2D eigenvalue weighted by molar-refractivity contribution is 7.96. The molecule has 29 heavy (non-hydrogen) atoms. The minimum Gasteiger partial charge on any atom is -0.457 e. The minimum absolute atomic E-state index is 0.0788. The zero-order valence-corrected chi connectivity index (χ0v) is 17.5. The van der Waals surface area contributed by atoms with E-state index in [4.69, 9.17) is 4.74 Å². The maximum atomic E-state index is 13.2. The van der Waals surface area contributed by atoms with Gasteiger partial charge in [0.25, 0.3) is 0 Å². The molecule has 0 spiro atoms. The molecule has 0 aliphatic carbocycles. The first kappa shape index (κ1) is 20.8. The second kappa shape index (κ2) is 9.99. The summed E-state index contributed by atoms with van der Waals surface area (Å²) in [6.07, 6.45) is 1.44. The third kappa shape index (κ3) is 4.38. The summed E-state index contributed by atoms with van der Waals surface area (Å²) in [5.74, 6) is -0.252. The Hall–Kier alpha value is -2.97. The number of ether oxygens (including phenoxy) is 1. The van der Waals surface area contributed by atoms with Crippen LogP contribution in [0.3, 0.4) is 0 Å². The highest BCUT2D eigenvalue weighted by Gasteiger charge is 2.54. The summed E-state index contributed by atoms with van der Waals surface area (Å²) >= 11 is 0. The molecule has 0 aliphatic rings. The average Bonchev–Trinajstić information content (AvgIpc) is 2.79. The molecule has 4 nitrogen and oxygen atoms in total. The molecule has 0 bridgehead atoms. The molecular weight excluding hydrogens is 381 g/mol. The second-order valence-corrected chi connectivity index (χ2v) is 10.3. The van der Waals surface area contributed by atoms with E-state index in [9.17, 15) is 4.79 Å². The standard InChI is InChI=1S/C24H25NO3P/c1-20(24(26)28-19-18-25-27-2)29(21-12-6-3-7-13-21,22-14-8-4-9-15-22)23-16-10-5-11-17-23/h3-18,20H,19H2,1-2H3/q+1. The van der Waals surface area contributed by atoms with E-state index in [-0.39, 0.29) is 18.2 Å². The number of esters is 1. The molecule has 0 saturated carbocycles. The van der Waals surface area contributed by atoms with Gasteiger partial charge in [0.05, 0.1) is 6.21 Å². The number of rotatable bonds is 8. The summed E-state index contributed by atoms with van der Waals surface area (Å²) in [4.78, 5) is 17.8. The van der Waals surface area contributed by atoms with Gasteiger partial charge in [0, 0.05) is 0 Å². The lowest BCUT2D eigenvalue weighted by Gasteiger charge is -2.31. The summed E-state index contributed by atoms with van der Waals surface area (Å²) < 4.78 is 5.54. The fraction of sp³-hybridized carbons (Fsp3) is 0.167. The van der Waals surface area contributed by atoms with Crippen LogP contribution < -0.4 is 15.9 Å². The lowest BCUT2D eigenvalue weighted by atomic mass is 10.3. The van der Waals surface area contributed by atoms with Crippen LogP contribution in [0.25, 0.3) is 0 Å². The van der Waals surface area contributed by atoms with Crippen molar-refractivity contribution in [1.82, 2.24) is 0 Å². The fourth-order valence-electron chi connectivity index (χ4n) is 3.61. The molecule has 0 fully saturated rings. The van der Waals surface area contributed by atoms with Crippen molar-refractivity contribution in [1.29, 1.82) is 0 Å². The molecule has 1 unspecified atom stereocenters. The monoisotopic (exact) mass is 406 g/mol. The third-order valence-corrected chi connectivity index (χ3v) is 9.60. The van der Waals surface area contributed by atoms with Crippen molar-refractivity contribution >= 4 is 35.4 Å². The topological polar surface area (TPSA) is 47.9 Å². The van der Waals surface area contributed by atoms with Crippen molar-refractivity contribution in [2.75, 3.05) is 13.7 Å². The number of nitrogens with zero attached hydrogens (tertiary/aromatic N) is 1. The zero-order chi connectivity index (χ0) is 20.5. The lowest BCUT2D eigenvalue weighted by Crippen LogP contribution is -2.41. The first-order valence-corrected chi connectivity index (χ1v) is 11.3. The molecule has 1 atom stereocenters. The van der Waals surface area contributed by atoms with Gasteiger partial charge in [-0.15, -0.1) is 0 Å². The molecule has 5 heteroatoms. The van der Waals surface area contributed by atoms with Gasteiger partial charge in [-0.05, 0) is 43.3 Å². The number of hydrogen-bond donors (Lipinski definition) is 0. The van der Waals surface area contributed by atoms with E-state index in [0.29, 0.717) is 0 Å². The van der Waals surface area contributed by atoms with Crippen molar-refractivity contribution in [2.24, 2.45) is 5.16 Å². The molecule has 0 aliphatic heterocycles. The smallest absolute Gasteiger partial charge is 0.348 e. The lowest BCUT2D eigenvalue weighted by molar-refractivity contribution is -0.140. The minimum atomic E-state index is -2.31. The summed E-state index contributed by atoms with van der Waals surface area (Å²) in [7, 11) is -0.850. The van der Waals surface area contributed by atoms with Crippen LogP contribution in [0.5, 0.6) is 0 Å². The van der Waals surface area contributed by atoms with Crippen LogP contribution in [0.15, 0.2) is 96.2 Å². The van der Waals surface area contributed by atoms with Gasteiger partial charge in [-0.25, -0.2) is 4.79 Å². The van der Waals surface area contributed by atoms with E-state index in [1.165, 1.54) is 13.3 Å². The van der Waals surface area contributed by atoms with Gasteiger partial charge in [-0.1, -0.05) is 59.8 Å². The average molecular weight is 406 g/mol. The molecule has 3 aromatic rings. The summed E-state index contributed by atoms with van der Waals surface area (Å²) in [5, 5.41) is 7.08. The Balaban J connectivity index is 2.17. The Morgan fingerprint density at radius 2 is 1.28 bits per heavy atom. The number of benzene rings is 3. The van der Waals surface area contributed by atoms with Gasteiger partial charge in [-0.3, -0.25) is 0 Å². The molecule has 0 saturated heterocycles. The Labute approximate surface area is 172 Å². The van der Waals surface area contributed by atoms with Crippen molar-refractivity contribution in [2.45, 2.75) is 12.6 Å². The molecule has 0 aromatic heterocycles. The summed E-state index contributed by atoms with van der Waals surface area (Å²) in [5.41, 5.74) is -0.370. The SMILES string of the molecule is CON=CCOC(=O)C(C)[P+](c1ccccc1)(c1ccccc1)c1ccccc1. The number of carbonyl (C=O) groups is 1. The van der Waals surface area contributed by atoms with Gasteiger partial charge >= 0.3 is 5.97 Å². The Kier molecular flexibility index (Phi) is 7.15. The quantitative estimate of drug-likeness (QED) is 0.249. The number of hydrogen-bond acceptors (Lipinski definition) is 4. The van der Waals surface area contributed by atoms with Gasteiger partial charge in [0.1, 0.15) is 36.9 Å². The molecule has 3 rings (SSSR count). The van der Waals surface area contributed by atoms with Crippen LogP contribution in [0.2, 0.25) is 0 Å². The van der Waals surface area contributed by atoms with E-state index < -0.39 is 7.26 Å². The molecule has 0 radical (unpaired) electrons. The molecule has 3 aromatic carbocycles.